The Hall–Kier alpha value is -2.03. The van der Waals surface area contributed by atoms with Gasteiger partial charge in [0.05, 0.1) is 6.54 Å². The summed E-state index contributed by atoms with van der Waals surface area (Å²) >= 11 is 6.05. The van der Waals surface area contributed by atoms with Gasteiger partial charge in [-0.15, -0.1) is 0 Å². The summed E-state index contributed by atoms with van der Waals surface area (Å²) in [5, 5.41) is 4.33. The number of nitrogens with one attached hydrogen (secondary N) is 1. The maximum atomic E-state index is 6.05. The van der Waals surface area contributed by atoms with Gasteiger partial charge in [-0.2, -0.15) is 0 Å². The first-order chi connectivity index (χ1) is 11.8. The van der Waals surface area contributed by atoms with Gasteiger partial charge in [0.25, 0.3) is 0 Å². The summed E-state index contributed by atoms with van der Waals surface area (Å²) in [5.41, 5.74) is 2.32. The molecule has 0 aliphatic rings. The van der Waals surface area contributed by atoms with Gasteiger partial charge in [0.1, 0.15) is 11.5 Å². The Balaban J connectivity index is 1.68. The van der Waals surface area contributed by atoms with Gasteiger partial charge in [-0.1, -0.05) is 67.4 Å². The highest BCUT2D eigenvalue weighted by Crippen LogP contribution is 2.25. The van der Waals surface area contributed by atoms with E-state index in [-0.39, 0.29) is 0 Å². The molecule has 2 aromatic carbocycles. The van der Waals surface area contributed by atoms with Gasteiger partial charge in [-0.3, -0.25) is 0 Å². The van der Waals surface area contributed by atoms with Gasteiger partial charge in [-0.25, -0.2) is 0 Å². The summed E-state index contributed by atoms with van der Waals surface area (Å²) in [6, 6.07) is 22.7. The summed E-state index contributed by atoms with van der Waals surface area (Å²) in [5.74, 6) is 1.78. The fourth-order valence-electron chi connectivity index (χ4n) is 2.85. The molecule has 3 heteroatoms. The SMILES string of the molecule is CCCC(NCc1ccc(-c2cccc(Cl)c2)o1)c1ccccc1. The van der Waals surface area contributed by atoms with E-state index in [9.17, 15) is 0 Å². The van der Waals surface area contributed by atoms with E-state index in [0.29, 0.717) is 12.6 Å². The first-order valence-corrected chi connectivity index (χ1v) is 8.77. The maximum Gasteiger partial charge on any atom is 0.134 e. The third-order valence-electron chi connectivity index (χ3n) is 4.07. The standard InChI is InChI=1S/C21H22ClNO/c1-2-7-20(16-8-4-3-5-9-16)23-15-19-12-13-21(24-19)17-10-6-11-18(22)14-17/h3-6,8-14,20,23H,2,7,15H2,1H3. The summed E-state index contributed by atoms with van der Waals surface area (Å²) in [4.78, 5) is 0. The maximum absolute atomic E-state index is 6.05. The minimum Gasteiger partial charge on any atom is -0.460 e. The predicted octanol–water partition coefficient (Wildman–Crippen LogP) is 6.23. The Morgan fingerprint density at radius 1 is 1.00 bits per heavy atom. The van der Waals surface area contributed by atoms with E-state index in [1.165, 1.54) is 5.56 Å². The molecule has 0 aliphatic carbocycles. The molecule has 1 N–H and O–H groups in total. The molecule has 1 heterocycles. The van der Waals surface area contributed by atoms with Crippen molar-refractivity contribution < 1.29 is 4.42 Å². The highest BCUT2D eigenvalue weighted by Gasteiger charge is 2.11. The third kappa shape index (κ3) is 4.28. The van der Waals surface area contributed by atoms with Gasteiger partial charge in [0, 0.05) is 16.6 Å². The molecule has 0 saturated carbocycles. The second-order valence-corrected chi connectivity index (χ2v) is 6.35. The molecule has 0 bridgehead atoms. The Morgan fingerprint density at radius 2 is 1.83 bits per heavy atom. The Labute approximate surface area is 148 Å². The molecule has 1 unspecified atom stereocenters. The molecule has 3 rings (SSSR count). The van der Waals surface area contributed by atoms with E-state index < -0.39 is 0 Å². The molecule has 1 atom stereocenters. The quantitative estimate of drug-likeness (QED) is 0.551. The first-order valence-electron chi connectivity index (χ1n) is 8.39. The summed E-state index contributed by atoms with van der Waals surface area (Å²) in [6.45, 7) is 2.92. The van der Waals surface area contributed by atoms with Crippen LogP contribution in [0, 0.1) is 0 Å². The lowest BCUT2D eigenvalue weighted by atomic mass is 10.0. The monoisotopic (exact) mass is 339 g/mol. The Kier molecular flexibility index (Phi) is 5.73. The largest absolute Gasteiger partial charge is 0.460 e. The van der Waals surface area contributed by atoms with Crippen LogP contribution in [-0.4, -0.2) is 0 Å². The number of benzene rings is 2. The van der Waals surface area contributed by atoms with Crippen LogP contribution >= 0.6 is 11.6 Å². The molecule has 0 radical (unpaired) electrons. The summed E-state index contributed by atoms with van der Waals surface area (Å²) in [6.07, 6.45) is 2.24. The number of furan rings is 1. The van der Waals surface area contributed by atoms with Crippen molar-refractivity contribution in [1.82, 2.24) is 5.32 Å². The highest BCUT2D eigenvalue weighted by atomic mass is 35.5. The van der Waals surface area contributed by atoms with E-state index in [1.54, 1.807) is 0 Å². The molecule has 2 nitrogen and oxygen atoms in total. The van der Waals surface area contributed by atoms with Crippen LogP contribution in [0.2, 0.25) is 5.02 Å². The Morgan fingerprint density at radius 3 is 2.58 bits per heavy atom. The van der Waals surface area contributed by atoms with Crippen molar-refractivity contribution in [3.05, 3.63) is 83.1 Å². The summed E-state index contributed by atoms with van der Waals surface area (Å²) in [7, 11) is 0. The van der Waals surface area contributed by atoms with Crippen molar-refractivity contribution in [3.63, 3.8) is 0 Å². The molecule has 0 aliphatic heterocycles. The molecule has 3 aromatic rings. The van der Waals surface area contributed by atoms with Crippen LogP contribution in [-0.2, 0) is 6.54 Å². The molecule has 0 amide bonds. The molecule has 124 valence electrons. The fraction of sp³-hybridized carbons (Fsp3) is 0.238. The van der Waals surface area contributed by atoms with Crippen molar-refractivity contribution in [2.24, 2.45) is 0 Å². The number of hydrogen-bond acceptors (Lipinski definition) is 2. The third-order valence-corrected chi connectivity index (χ3v) is 4.31. The lowest BCUT2D eigenvalue weighted by molar-refractivity contribution is 0.439. The van der Waals surface area contributed by atoms with E-state index in [1.807, 2.05) is 36.4 Å². The zero-order valence-electron chi connectivity index (χ0n) is 13.8. The average Bonchev–Trinajstić information content (AvgIpc) is 3.08. The van der Waals surface area contributed by atoms with Crippen molar-refractivity contribution in [3.8, 4) is 11.3 Å². The molecule has 24 heavy (non-hydrogen) atoms. The first kappa shape index (κ1) is 16.8. The van der Waals surface area contributed by atoms with E-state index >= 15 is 0 Å². The summed E-state index contributed by atoms with van der Waals surface area (Å²) < 4.78 is 5.97. The van der Waals surface area contributed by atoms with Crippen LogP contribution in [0.1, 0.15) is 37.1 Å². The van der Waals surface area contributed by atoms with Gasteiger partial charge >= 0.3 is 0 Å². The zero-order chi connectivity index (χ0) is 16.8. The molecule has 0 fully saturated rings. The van der Waals surface area contributed by atoms with Crippen molar-refractivity contribution in [1.29, 1.82) is 0 Å². The van der Waals surface area contributed by atoms with Crippen molar-refractivity contribution >= 4 is 11.6 Å². The van der Waals surface area contributed by atoms with Crippen LogP contribution in [0.4, 0.5) is 0 Å². The topological polar surface area (TPSA) is 25.2 Å². The minimum absolute atomic E-state index is 0.343. The molecule has 1 aromatic heterocycles. The normalized spacial score (nSPS) is 12.2. The van der Waals surface area contributed by atoms with Crippen LogP contribution in [0.3, 0.4) is 0 Å². The lowest BCUT2D eigenvalue weighted by Gasteiger charge is -2.17. The number of hydrogen-bond donors (Lipinski definition) is 1. The molecule has 0 saturated heterocycles. The van der Waals surface area contributed by atoms with Crippen LogP contribution < -0.4 is 5.32 Å². The smallest absolute Gasteiger partial charge is 0.134 e. The molecule has 0 spiro atoms. The fourth-order valence-corrected chi connectivity index (χ4v) is 3.04. The number of rotatable bonds is 7. The second kappa shape index (κ2) is 8.18. The van der Waals surface area contributed by atoms with Gasteiger partial charge in [0.15, 0.2) is 0 Å². The molecular formula is C21H22ClNO. The number of halogens is 1. The van der Waals surface area contributed by atoms with Crippen LogP contribution in [0.15, 0.2) is 71.1 Å². The van der Waals surface area contributed by atoms with Crippen molar-refractivity contribution in [2.75, 3.05) is 0 Å². The molecular weight excluding hydrogens is 318 g/mol. The minimum atomic E-state index is 0.343. The van der Waals surface area contributed by atoms with Crippen LogP contribution in [0.5, 0.6) is 0 Å². The Bertz CT molecular complexity index is 766. The second-order valence-electron chi connectivity index (χ2n) is 5.91. The van der Waals surface area contributed by atoms with Gasteiger partial charge in [-0.05, 0) is 36.2 Å². The van der Waals surface area contributed by atoms with Crippen molar-refractivity contribution in [2.45, 2.75) is 32.4 Å². The van der Waals surface area contributed by atoms with E-state index in [4.69, 9.17) is 16.0 Å². The van der Waals surface area contributed by atoms with Crippen LogP contribution in [0.25, 0.3) is 11.3 Å². The average molecular weight is 340 g/mol. The predicted molar refractivity (Wildman–Crippen MR) is 100 cm³/mol. The van der Waals surface area contributed by atoms with Gasteiger partial charge in [0.2, 0.25) is 0 Å². The van der Waals surface area contributed by atoms with E-state index in [2.05, 4.69) is 42.6 Å². The highest BCUT2D eigenvalue weighted by molar-refractivity contribution is 6.30. The zero-order valence-corrected chi connectivity index (χ0v) is 14.6. The lowest BCUT2D eigenvalue weighted by Crippen LogP contribution is -2.20. The van der Waals surface area contributed by atoms with E-state index in [0.717, 1.165) is 34.9 Å². The van der Waals surface area contributed by atoms with Gasteiger partial charge < -0.3 is 9.73 Å².